The first-order valence-electron chi connectivity index (χ1n) is 20.8. The molecule has 2 aromatic carbocycles. The van der Waals surface area contributed by atoms with E-state index in [0.717, 1.165) is 67.4 Å². The number of pyridine rings is 1. The molecule has 4 N–H and O–H groups in total. The average Bonchev–Trinajstić information content (AvgIpc) is 3.85. The number of anilines is 4. The lowest BCUT2D eigenvalue weighted by atomic mass is 9.98. The summed E-state index contributed by atoms with van der Waals surface area (Å²) in [5.41, 5.74) is 3.74. The topological polar surface area (TPSA) is 200 Å². The summed E-state index contributed by atoms with van der Waals surface area (Å²) in [6, 6.07) is 16.0. The highest BCUT2D eigenvalue weighted by atomic mass is 16.3. The molecule has 4 aliphatic rings. The van der Waals surface area contributed by atoms with E-state index >= 15 is 0 Å². The lowest BCUT2D eigenvalue weighted by Crippen LogP contribution is -2.54. The van der Waals surface area contributed by atoms with Gasteiger partial charge in [0, 0.05) is 62.4 Å². The maximum atomic E-state index is 13.5. The first kappa shape index (κ1) is 39.7. The molecular formula is C44H47N11O6. The first-order valence-corrected chi connectivity index (χ1v) is 20.8. The minimum absolute atomic E-state index is 0.0734. The molecule has 2 atom stereocenters. The predicted molar refractivity (Wildman–Crippen MR) is 228 cm³/mol. The molecule has 0 saturated carbocycles. The van der Waals surface area contributed by atoms with Crippen molar-refractivity contribution >= 4 is 57.7 Å². The Morgan fingerprint density at radius 3 is 2.52 bits per heavy atom. The summed E-state index contributed by atoms with van der Waals surface area (Å²) in [5.74, 6) is -1.27. The number of piperidine rings is 1. The average molecular weight is 826 g/mol. The Labute approximate surface area is 351 Å². The molecule has 17 nitrogen and oxygen atoms in total. The molecule has 2 saturated heterocycles. The third-order valence-corrected chi connectivity index (χ3v) is 12.3. The van der Waals surface area contributed by atoms with Crippen molar-refractivity contribution in [3.05, 3.63) is 106 Å². The Hall–Kier alpha value is -6.72. The maximum absolute atomic E-state index is 13.5. The fourth-order valence-electron chi connectivity index (χ4n) is 8.92. The Morgan fingerprint density at radius 2 is 1.77 bits per heavy atom. The minimum atomic E-state index is -1.01. The molecule has 3 aliphatic heterocycles. The van der Waals surface area contributed by atoms with Crippen LogP contribution in [0, 0.1) is 0 Å². The van der Waals surface area contributed by atoms with Crippen LogP contribution in [0.2, 0.25) is 0 Å². The molecule has 314 valence electrons. The van der Waals surface area contributed by atoms with E-state index in [2.05, 4.69) is 49.4 Å². The number of nitrogens with one attached hydrogen (secondary N) is 3. The van der Waals surface area contributed by atoms with Crippen LogP contribution in [0.1, 0.15) is 71.0 Å². The van der Waals surface area contributed by atoms with Crippen LogP contribution in [0.5, 0.6) is 0 Å². The number of allylic oxidation sites excluding steroid dienone is 1. The molecule has 6 heterocycles. The second-order valence-corrected chi connectivity index (χ2v) is 15.9. The van der Waals surface area contributed by atoms with E-state index in [9.17, 15) is 29.1 Å². The van der Waals surface area contributed by atoms with E-state index in [0.29, 0.717) is 53.6 Å². The molecular weight excluding hydrogens is 779 g/mol. The first-order chi connectivity index (χ1) is 29.6. The van der Waals surface area contributed by atoms with E-state index in [1.165, 1.54) is 10.9 Å². The summed E-state index contributed by atoms with van der Waals surface area (Å²) in [6.45, 7) is 10.9. The van der Waals surface area contributed by atoms with Gasteiger partial charge in [-0.25, -0.2) is 19.3 Å². The van der Waals surface area contributed by atoms with Gasteiger partial charge in [-0.05, 0) is 86.7 Å². The summed E-state index contributed by atoms with van der Waals surface area (Å²) in [5, 5.41) is 20.5. The van der Waals surface area contributed by atoms with Crippen LogP contribution >= 0.6 is 0 Å². The van der Waals surface area contributed by atoms with Crippen molar-refractivity contribution in [2.45, 2.75) is 63.6 Å². The number of imide groups is 2. The van der Waals surface area contributed by atoms with Crippen LogP contribution in [-0.4, -0.2) is 108 Å². The molecule has 4 amide bonds. The molecule has 0 spiro atoms. The Balaban J connectivity index is 0.799. The van der Waals surface area contributed by atoms with E-state index in [4.69, 9.17) is 9.97 Å². The van der Waals surface area contributed by atoms with Gasteiger partial charge in [0.25, 0.3) is 17.4 Å². The molecule has 0 bridgehead atoms. The minimum Gasteiger partial charge on any atom is -0.384 e. The van der Waals surface area contributed by atoms with Gasteiger partial charge in [0.1, 0.15) is 17.0 Å². The van der Waals surface area contributed by atoms with Gasteiger partial charge in [-0.1, -0.05) is 25.1 Å². The number of piperazine rings is 1. The highest BCUT2D eigenvalue weighted by Crippen LogP contribution is 2.39. The number of nitrogens with zero attached hydrogens (tertiary/aromatic N) is 8. The lowest BCUT2D eigenvalue weighted by molar-refractivity contribution is -0.136. The lowest BCUT2D eigenvalue weighted by Gasteiger charge is -2.36. The fourth-order valence-corrected chi connectivity index (χ4v) is 8.92. The van der Waals surface area contributed by atoms with Crippen molar-refractivity contribution in [2.24, 2.45) is 0 Å². The van der Waals surface area contributed by atoms with Gasteiger partial charge in [-0.15, -0.1) is 6.58 Å². The number of fused-ring (bicyclic) bond motifs is 3. The van der Waals surface area contributed by atoms with Crippen LogP contribution in [0.3, 0.4) is 0 Å². The third-order valence-electron chi connectivity index (χ3n) is 12.3. The second kappa shape index (κ2) is 16.0. The monoisotopic (exact) mass is 825 g/mol. The standard InChI is InChI=1S/C44H47N11O6/c1-3-20-53-40(58)31-26-46-43(50-38(31)55(53)34-15-9-27-17-18-44(61,4-2)37(27)48-34)47-28-10-12-29(13-11-28)52-24-22-51(23-25-52)21-6-19-45-32-8-5-7-30-36(32)42(60)54(41(30)59)33-14-16-35(56)49-39(33)57/h3,5,7-13,15,26,33,45,61H,1,4,6,14,16-25H2,2H3,(H,46,47,50)(H,49,56,57)/t33?,44-/m1/s1. The summed E-state index contributed by atoms with van der Waals surface area (Å²) >= 11 is 0. The number of hydrogen-bond donors (Lipinski definition) is 4. The quantitative estimate of drug-likeness (QED) is 0.0765. The Kier molecular flexibility index (Phi) is 10.4. The van der Waals surface area contributed by atoms with Gasteiger partial charge in [0.2, 0.25) is 17.8 Å². The number of aliphatic hydroxyl groups is 1. The van der Waals surface area contributed by atoms with Gasteiger partial charge >= 0.3 is 0 Å². The van der Waals surface area contributed by atoms with Crippen LogP contribution in [-0.2, 0) is 28.2 Å². The van der Waals surface area contributed by atoms with Crippen LogP contribution in [0.25, 0.3) is 16.9 Å². The highest BCUT2D eigenvalue weighted by molar-refractivity contribution is 6.25. The van der Waals surface area contributed by atoms with Gasteiger partial charge in [0.15, 0.2) is 11.5 Å². The van der Waals surface area contributed by atoms with E-state index in [-0.39, 0.29) is 36.1 Å². The van der Waals surface area contributed by atoms with E-state index in [1.54, 1.807) is 29.0 Å². The molecule has 61 heavy (non-hydrogen) atoms. The number of carbonyl (C=O) groups is 4. The van der Waals surface area contributed by atoms with Gasteiger partial charge in [-0.3, -0.25) is 39.1 Å². The van der Waals surface area contributed by atoms with Gasteiger partial charge in [0.05, 0.1) is 23.4 Å². The molecule has 2 fully saturated rings. The van der Waals surface area contributed by atoms with E-state index in [1.807, 2.05) is 31.2 Å². The number of aryl methyl sites for hydroxylation is 1. The molecule has 3 aromatic heterocycles. The summed E-state index contributed by atoms with van der Waals surface area (Å²) in [6.07, 6.45) is 6.08. The predicted octanol–water partition coefficient (Wildman–Crippen LogP) is 3.48. The van der Waals surface area contributed by atoms with Crippen LogP contribution in [0.15, 0.2) is 78.2 Å². The van der Waals surface area contributed by atoms with Crippen molar-refractivity contribution in [1.82, 2.24) is 39.4 Å². The normalized spacial score (nSPS) is 20.3. The number of hydrogen-bond acceptors (Lipinski definition) is 13. The van der Waals surface area contributed by atoms with Crippen LogP contribution in [0.4, 0.5) is 23.0 Å². The largest absolute Gasteiger partial charge is 0.384 e. The van der Waals surface area contributed by atoms with Crippen molar-refractivity contribution < 1.29 is 24.3 Å². The fraction of sp³-hybridized carbons (Fsp3) is 0.364. The van der Waals surface area contributed by atoms with Crippen molar-refractivity contribution in [3.63, 3.8) is 0 Å². The third kappa shape index (κ3) is 7.22. The molecule has 9 rings (SSSR count). The zero-order valence-electron chi connectivity index (χ0n) is 33.9. The number of rotatable bonds is 13. The summed E-state index contributed by atoms with van der Waals surface area (Å²) in [7, 11) is 0. The van der Waals surface area contributed by atoms with E-state index < -0.39 is 35.3 Å². The zero-order chi connectivity index (χ0) is 42.4. The number of aromatic nitrogens is 5. The number of carbonyl (C=O) groups excluding carboxylic acids is 4. The summed E-state index contributed by atoms with van der Waals surface area (Å²) in [4.78, 5) is 84.1. The maximum Gasteiger partial charge on any atom is 0.278 e. The smallest absolute Gasteiger partial charge is 0.278 e. The Morgan fingerprint density at radius 1 is 0.967 bits per heavy atom. The number of benzene rings is 2. The van der Waals surface area contributed by atoms with Crippen LogP contribution < -0.4 is 26.4 Å². The zero-order valence-corrected chi connectivity index (χ0v) is 33.9. The highest BCUT2D eigenvalue weighted by Gasteiger charge is 2.45. The molecule has 5 aromatic rings. The molecule has 0 radical (unpaired) electrons. The van der Waals surface area contributed by atoms with Crippen molar-refractivity contribution in [2.75, 3.05) is 54.8 Å². The molecule has 1 aliphatic carbocycles. The molecule has 17 heteroatoms. The van der Waals surface area contributed by atoms with Gasteiger partial charge in [-0.2, -0.15) is 4.98 Å². The summed E-state index contributed by atoms with van der Waals surface area (Å²) < 4.78 is 3.21. The Bertz CT molecular complexity index is 2650. The molecule has 1 unspecified atom stereocenters. The van der Waals surface area contributed by atoms with Gasteiger partial charge < -0.3 is 20.6 Å². The number of amides is 4. The van der Waals surface area contributed by atoms with Crippen molar-refractivity contribution in [1.29, 1.82) is 0 Å². The second-order valence-electron chi connectivity index (χ2n) is 15.9. The van der Waals surface area contributed by atoms with Crippen molar-refractivity contribution in [3.8, 4) is 5.82 Å². The SMILES string of the molecule is C=CCn1c(=O)c2cnc(Nc3ccc(N4CCN(CCCNc5cccc6c5C(=O)N(C5CCC(=O)NC5=O)C6=O)CC4)cc3)nc2n1-c1ccc2c(n1)[C@@](O)(CC)CC2.